The standard InChI is InChI=1S/C10H10BrFO4/c1-14-8-5(11)4-6(12)9(15-2)7(8)10(13)16-3/h4H,1-3H3. The van der Waals surface area contributed by atoms with Crippen molar-refractivity contribution in [3.05, 3.63) is 21.9 Å². The van der Waals surface area contributed by atoms with Gasteiger partial charge < -0.3 is 14.2 Å². The first kappa shape index (κ1) is 12.8. The molecule has 0 saturated carbocycles. The lowest BCUT2D eigenvalue weighted by Gasteiger charge is -2.13. The summed E-state index contributed by atoms with van der Waals surface area (Å²) in [7, 11) is 3.82. The van der Waals surface area contributed by atoms with E-state index in [2.05, 4.69) is 20.7 Å². The van der Waals surface area contributed by atoms with Gasteiger partial charge in [0.25, 0.3) is 0 Å². The van der Waals surface area contributed by atoms with Crippen LogP contribution in [-0.4, -0.2) is 27.3 Å². The van der Waals surface area contributed by atoms with Crippen LogP contribution in [0.3, 0.4) is 0 Å². The van der Waals surface area contributed by atoms with Crippen molar-refractivity contribution in [2.24, 2.45) is 0 Å². The van der Waals surface area contributed by atoms with Gasteiger partial charge in [-0.15, -0.1) is 0 Å². The lowest BCUT2D eigenvalue weighted by Crippen LogP contribution is -2.08. The number of methoxy groups -OCH3 is 3. The van der Waals surface area contributed by atoms with Gasteiger partial charge in [-0.2, -0.15) is 0 Å². The van der Waals surface area contributed by atoms with Gasteiger partial charge in [-0.1, -0.05) is 0 Å². The molecule has 4 nitrogen and oxygen atoms in total. The number of hydrogen-bond acceptors (Lipinski definition) is 4. The summed E-state index contributed by atoms with van der Waals surface area (Å²) >= 11 is 3.09. The SMILES string of the molecule is COC(=O)c1c(OC)c(F)cc(Br)c1OC. The number of ether oxygens (including phenoxy) is 3. The number of halogens is 2. The van der Waals surface area contributed by atoms with Crippen LogP contribution < -0.4 is 9.47 Å². The molecule has 0 atom stereocenters. The largest absolute Gasteiger partial charge is 0.495 e. The molecular formula is C10H10BrFO4. The van der Waals surface area contributed by atoms with E-state index < -0.39 is 11.8 Å². The third-order valence-corrected chi connectivity index (χ3v) is 2.53. The Morgan fingerprint density at radius 1 is 1.25 bits per heavy atom. The zero-order valence-electron chi connectivity index (χ0n) is 8.97. The molecule has 0 aliphatic carbocycles. The molecule has 1 aromatic rings. The van der Waals surface area contributed by atoms with Gasteiger partial charge in [-0.05, 0) is 22.0 Å². The number of carbonyl (C=O) groups excluding carboxylic acids is 1. The minimum absolute atomic E-state index is 0.0839. The molecule has 0 fully saturated rings. The highest BCUT2D eigenvalue weighted by atomic mass is 79.9. The van der Waals surface area contributed by atoms with Gasteiger partial charge in [0.2, 0.25) is 0 Å². The van der Waals surface area contributed by atoms with Crippen molar-refractivity contribution in [1.82, 2.24) is 0 Å². The highest BCUT2D eigenvalue weighted by Crippen LogP contribution is 2.38. The van der Waals surface area contributed by atoms with E-state index in [0.717, 1.165) is 6.07 Å². The van der Waals surface area contributed by atoms with Crippen LogP contribution >= 0.6 is 15.9 Å². The quantitative estimate of drug-likeness (QED) is 0.803. The van der Waals surface area contributed by atoms with Crippen LogP contribution in [0.25, 0.3) is 0 Å². The fraction of sp³-hybridized carbons (Fsp3) is 0.300. The Morgan fingerprint density at radius 2 is 1.81 bits per heavy atom. The third kappa shape index (κ3) is 2.11. The molecule has 0 spiro atoms. The van der Waals surface area contributed by atoms with Crippen molar-refractivity contribution >= 4 is 21.9 Å². The number of esters is 1. The number of carbonyl (C=O) groups is 1. The second kappa shape index (κ2) is 5.16. The van der Waals surface area contributed by atoms with Crippen LogP contribution in [0.1, 0.15) is 10.4 Å². The Balaban J connectivity index is 3.55. The number of hydrogen-bond donors (Lipinski definition) is 0. The fourth-order valence-electron chi connectivity index (χ4n) is 1.27. The van der Waals surface area contributed by atoms with E-state index in [-0.39, 0.29) is 17.1 Å². The molecule has 0 saturated heterocycles. The minimum atomic E-state index is -0.728. The summed E-state index contributed by atoms with van der Waals surface area (Å²) in [6.45, 7) is 0. The maximum Gasteiger partial charge on any atom is 0.345 e. The van der Waals surface area contributed by atoms with Crippen molar-refractivity contribution in [3.8, 4) is 11.5 Å². The van der Waals surface area contributed by atoms with Crippen LogP contribution in [0.15, 0.2) is 10.5 Å². The van der Waals surface area contributed by atoms with E-state index in [4.69, 9.17) is 9.47 Å². The molecule has 88 valence electrons. The molecule has 0 unspecified atom stereocenters. The highest BCUT2D eigenvalue weighted by Gasteiger charge is 2.25. The van der Waals surface area contributed by atoms with Crippen LogP contribution in [-0.2, 0) is 4.74 Å². The average molecular weight is 293 g/mol. The fourth-order valence-corrected chi connectivity index (χ4v) is 1.83. The summed E-state index contributed by atoms with van der Waals surface area (Å²) in [5, 5.41) is 0. The van der Waals surface area contributed by atoms with Gasteiger partial charge in [0.05, 0.1) is 25.8 Å². The lowest BCUT2D eigenvalue weighted by molar-refractivity contribution is 0.0592. The zero-order valence-corrected chi connectivity index (χ0v) is 10.6. The van der Waals surface area contributed by atoms with E-state index in [1.165, 1.54) is 21.3 Å². The molecule has 6 heteroatoms. The average Bonchev–Trinajstić information content (AvgIpc) is 2.27. The predicted octanol–water partition coefficient (Wildman–Crippen LogP) is 2.39. The maximum absolute atomic E-state index is 13.5. The van der Waals surface area contributed by atoms with Gasteiger partial charge in [-0.25, -0.2) is 9.18 Å². The maximum atomic E-state index is 13.5. The Hall–Kier alpha value is -1.30. The highest BCUT2D eigenvalue weighted by molar-refractivity contribution is 9.10. The van der Waals surface area contributed by atoms with E-state index >= 15 is 0 Å². The summed E-state index contributed by atoms with van der Waals surface area (Å²) in [6, 6.07) is 1.16. The molecule has 16 heavy (non-hydrogen) atoms. The van der Waals surface area contributed by atoms with Gasteiger partial charge in [0.1, 0.15) is 5.56 Å². The first-order chi connectivity index (χ1) is 7.56. The molecule has 0 N–H and O–H groups in total. The smallest absolute Gasteiger partial charge is 0.345 e. The minimum Gasteiger partial charge on any atom is -0.495 e. The first-order valence-corrected chi connectivity index (χ1v) is 5.04. The Kier molecular flexibility index (Phi) is 4.12. The van der Waals surface area contributed by atoms with Gasteiger partial charge in [0.15, 0.2) is 17.3 Å². The van der Waals surface area contributed by atoms with E-state index in [1.807, 2.05) is 0 Å². The summed E-state index contributed by atoms with van der Waals surface area (Å²) in [5.74, 6) is -1.43. The van der Waals surface area contributed by atoms with Crippen LogP contribution in [0.5, 0.6) is 11.5 Å². The second-order valence-electron chi connectivity index (χ2n) is 2.77. The second-order valence-corrected chi connectivity index (χ2v) is 3.63. The summed E-state index contributed by atoms with van der Waals surface area (Å²) in [5.41, 5.74) is -0.0839. The first-order valence-electron chi connectivity index (χ1n) is 4.25. The molecule has 0 bridgehead atoms. The molecule has 0 aliphatic rings. The van der Waals surface area contributed by atoms with Crippen LogP contribution in [0.2, 0.25) is 0 Å². The van der Waals surface area contributed by atoms with E-state index in [1.54, 1.807) is 0 Å². The van der Waals surface area contributed by atoms with Crippen molar-refractivity contribution in [2.75, 3.05) is 21.3 Å². The molecule has 0 aromatic heterocycles. The van der Waals surface area contributed by atoms with Gasteiger partial charge in [0, 0.05) is 0 Å². The number of benzene rings is 1. The van der Waals surface area contributed by atoms with Gasteiger partial charge >= 0.3 is 5.97 Å². The number of rotatable bonds is 3. The topological polar surface area (TPSA) is 44.8 Å². The Labute approximate surface area is 100 Å². The normalized spacial score (nSPS) is 9.81. The molecule has 0 heterocycles. The van der Waals surface area contributed by atoms with Gasteiger partial charge in [-0.3, -0.25) is 0 Å². The predicted molar refractivity (Wildman–Crippen MR) is 58.5 cm³/mol. The zero-order chi connectivity index (χ0) is 12.3. The molecule has 1 aromatic carbocycles. The summed E-state index contributed by atoms with van der Waals surface area (Å²) in [4.78, 5) is 11.5. The molecule has 0 aliphatic heterocycles. The van der Waals surface area contributed by atoms with Crippen LogP contribution in [0.4, 0.5) is 4.39 Å². The van der Waals surface area contributed by atoms with Crippen molar-refractivity contribution < 1.29 is 23.4 Å². The van der Waals surface area contributed by atoms with Crippen LogP contribution in [0, 0.1) is 5.82 Å². The Morgan fingerprint density at radius 3 is 2.25 bits per heavy atom. The molecule has 0 amide bonds. The monoisotopic (exact) mass is 292 g/mol. The lowest BCUT2D eigenvalue weighted by atomic mass is 10.1. The van der Waals surface area contributed by atoms with E-state index in [0.29, 0.717) is 4.47 Å². The van der Waals surface area contributed by atoms with Crippen molar-refractivity contribution in [2.45, 2.75) is 0 Å². The summed E-state index contributed by atoms with van der Waals surface area (Å²) < 4.78 is 28.2. The third-order valence-electron chi connectivity index (χ3n) is 1.94. The van der Waals surface area contributed by atoms with E-state index in [9.17, 15) is 9.18 Å². The summed E-state index contributed by atoms with van der Waals surface area (Å²) in [6.07, 6.45) is 0. The Bertz CT molecular complexity index is 392. The molecular weight excluding hydrogens is 283 g/mol. The molecule has 1 rings (SSSR count). The van der Waals surface area contributed by atoms with Crippen molar-refractivity contribution in [3.63, 3.8) is 0 Å². The molecule has 0 radical (unpaired) electrons. The van der Waals surface area contributed by atoms with Crippen molar-refractivity contribution in [1.29, 1.82) is 0 Å².